The smallest absolute Gasteiger partial charge is 0.250 e. The van der Waals surface area contributed by atoms with Crippen LogP contribution >= 0.6 is 0 Å². The van der Waals surface area contributed by atoms with E-state index in [9.17, 15) is 9.59 Å². The standard InChI is InChI=1S/C17H13NO2/c19-16-14(13-9-5-2-6-10-13)15(17(16)20)18-11-12-7-3-1-4-8-12/h1-10,18H,11H2. The van der Waals surface area contributed by atoms with E-state index in [4.69, 9.17) is 0 Å². The van der Waals surface area contributed by atoms with Gasteiger partial charge >= 0.3 is 0 Å². The quantitative estimate of drug-likeness (QED) is 0.736. The average molecular weight is 263 g/mol. The molecule has 0 amide bonds. The van der Waals surface area contributed by atoms with Crippen molar-refractivity contribution in [3.05, 3.63) is 86.7 Å². The minimum absolute atomic E-state index is 0.410. The largest absolute Gasteiger partial charge is 0.377 e. The molecule has 0 unspecified atom stereocenters. The summed E-state index contributed by atoms with van der Waals surface area (Å²) in [7, 11) is 0. The number of rotatable bonds is 4. The highest BCUT2D eigenvalue weighted by molar-refractivity contribution is 5.81. The molecule has 98 valence electrons. The SMILES string of the molecule is O=c1c(NCc2ccccc2)c(-c2ccccc2)c1=O. The Hall–Kier alpha value is -2.68. The number of anilines is 1. The molecule has 3 aromatic rings. The molecule has 3 rings (SSSR count). The lowest BCUT2D eigenvalue weighted by atomic mass is 9.98. The summed E-state index contributed by atoms with van der Waals surface area (Å²) in [5.41, 5.74) is 1.93. The highest BCUT2D eigenvalue weighted by Gasteiger charge is 2.21. The fourth-order valence-corrected chi connectivity index (χ4v) is 2.23. The average Bonchev–Trinajstić information content (AvgIpc) is 2.52. The van der Waals surface area contributed by atoms with Crippen LogP contribution in [0.25, 0.3) is 11.1 Å². The minimum atomic E-state index is -0.431. The Balaban J connectivity index is 1.87. The van der Waals surface area contributed by atoms with Gasteiger partial charge in [0.1, 0.15) is 0 Å². The van der Waals surface area contributed by atoms with Gasteiger partial charge in [-0.3, -0.25) is 9.59 Å². The topological polar surface area (TPSA) is 46.2 Å². The van der Waals surface area contributed by atoms with Gasteiger partial charge in [-0.15, -0.1) is 0 Å². The van der Waals surface area contributed by atoms with Gasteiger partial charge in [0.15, 0.2) is 0 Å². The van der Waals surface area contributed by atoms with Crippen LogP contribution in [0.2, 0.25) is 0 Å². The molecule has 0 aliphatic rings. The molecule has 0 saturated carbocycles. The van der Waals surface area contributed by atoms with Crippen molar-refractivity contribution >= 4 is 5.69 Å². The first kappa shape index (κ1) is 12.4. The van der Waals surface area contributed by atoms with E-state index in [1.807, 2.05) is 60.7 Å². The van der Waals surface area contributed by atoms with Crippen LogP contribution in [0.3, 0.4) is 0 Å². The molecule has 0 bridgehead atoms. The highest BCUT2D eigenvalue weighted by atomic mass is 16.2. The van der Waals surface area contributed by atoms with Crippen molar-refractivity contribution in [3.8, 4) is 11.1 Å². The molecule has 3 heteroatoms. The van der Waals surface area contributed by atoms with Gasteiger partial charge in [-0.25, -0.2) is 0 Å². The second-order valence-electron chi connectivity index (χ2n) is 4.61. The predicted molar refractivity (Wildman–Crippen MR) is 80.6 cm³/mol. The Morgan fingerprint density at radius 2 is 1.35 bits per heavy atom. The molecule has 3 aromatic carbocycles. The van der Waals surface area contributed by atoms with Gasteiger partial charge < -0.3 is 5.32 Å². The van der Waals surface area contributed by atoms with E-state index < -0.39 is 10.9 Å². The van der Waals surface area contributed by atoms with Crippen molar-refractivity contribution in [1.29, 1.82) is 0 Å². The van der Waals surface area contributed by atoms with E-state index in [1.165, 1.54) is 0 Å². The van der Waals surface area contributed by atoms with Crippen LogP contribution in [0.15, 0.2) is 70.3 Å². The molecule has 3 nitrogen and oxygen atoms in total. The van der Waals surface area contributed by atoms with Crippen molar-refractivity contribution in [2.75, 3.05) is 5.32 Å². The summed E-state index contributed by atoms with van der Waals surface area (Å²) >= 11 is 0. The third kappa shape index (κ3) is 2.14. The zero-order chi connectivity index (χ0) is 13.9. The van der Waals surface area contributed by atoms with Crippen molar-refractivity contribution in [2.24, 2.45) is 0 Å². The number of hydrogen-bond donors (Lipinski definition) is 1. The van der Waals surface area contributed by atoms with Crippen LogP contribution in [0.5, 0.6) is 0 Å². The van der Waals surface area contributed by atoms with Crippen LogP contribution in [-0.2, 0) is 6.54 Å². The normalized spacial score (nSPS) is 10.6. The summed E-state index contributed by atoms with van der Waals surface area (Å²) in [5, 5.41) is 3.07. The fraction of sp³-hybridized carbons (Fsp3) is 0.0588. The van der Waals surface area contributed by atoms with Gasteiger partial charge in [0, 0.05) is 6.54 Å². The molecule has 0 fully saturated rings. The molecule has 0 saturated heterocycles. The number of benzene rings is 2. The zero-order valence-corrected chi connectivity index (χ0v) is 10.8. The summed E-state index contributed by atoms with van der Waals surface area (Å²) in [5.74, 6) is 0. The molecule has 0 aromatic heterocycles. The second kappa shape index (κ2) is 5.13. The molecule has 0 aliphatic carbocycles. The molecule has 1 N–H and O–H groups in total. The monoisotopic (exact) mass is 263 g/mol. The van der Waals surface area contributed by atoms with Crippen molar-refractivity contribution in [2.45, 2.75) is 6.54 Å². The summed E-state index contributed by atoms with van der Waals surface area (Å²) in [6, 6.07) is 19.0. The maximum atomic E-state index is 11.7. The summed E-state index contributed by atoms with van der Waals surface area (Å²) in [6.45, 7) is 0.533. The predicted octanol–water partition coefficient (Wildman–Crippen LogP) is 2.56. The lowest BCUT2D eigenvalue weighted by molar-refractivity contribution is 1.13. The first-order valence-electron chi connectivity index (χ1n) is 6.44. The summed E-state index contributed by atoms with van der Waals surface area (Å²) in [6.07, 6.45) is 0. The summed E-state index contributed by atoms with van der Waals surface area (Å²) < 4.78 is 0. The fourth-order valence-electron chi connectivity index (χ4n) is 2.23. The van der Waals surface area contributed by atoms with Crippen LogP contribution in [0, 0.1) is 0 Å². The Morgan fingerprint density at radius 3 is 2.00 bits per heavy atom. The van der Waals surface area contributed by atoms with Crippen LogP contribution in [-0.4, -0.2) is 0 Å². The van der Waals surface area contributed by atoms with Gasteiger partial charge in [-0.2, -0.15) is 0 Å². The number of hydrogen-bond acceptors (Lipinski definition) is 3. The van der Waals surface area contributed by atoms with Gasteiger partial charge in [0.25, 0.3) is 0 Å². The van der Waals surface area contributed by atoms with Gasteiger partial charge in [0.05, 0.1) is 11.3 Å². The second-order valence-corrected chi connectivity index (χ2v) is 4.61. The first-order valence-corrected chi connectivity index (χ1v) is 6.44. The lowest BCUT2D eigenvalue weighted by Crippen LogP contribution is -2.36. The number of nitrogens with one attached hydrogen (secondary N) is 1. The highest BCUT2D eigenvalue weighted by Crippen LogP contribution is 2.23. The Labute approximate surface area is 116 Å². The van der Waals surface area contributed by atoms with Crippen LogP contribution < -0.4 is 16.2 Å². The third-order valence-electron chi connectivity index (χ3n) is 3.28. The van der Waals surface area contributed by atoms with E-state index in [-0.39, 0.29) is 0 Å². The maximum Gasteiger partial charge on any atom is 0.250 e. The van der Waals surface area contributed by atoms with E-state index in [0.717, 1.165) is 11.1 Å². The van der Waals surface area contributed by atoms with E-state index in [2.05, 4.69) is 5.32 Å². The minimum Gasteiger partial charge on any atom is -0.377 e. The summed E-state index contributed by atoms with van der Waals surface area (Å²) in [4.78, 5) is 23.4. The van der Waals surface area contributed by atoms with Gasteiger partial charge in [0.2, 0.25) is 10.9 Å². The van der Waals surface area contributed by atoms with Crippen molar-refractivity contribution in [1.82, 2.24) is 0 Å². The Kier molecular flexibility index (Phi) is 3.17. The molecule has 0 radical (unpaired) electrons. The van der Waals surface area contributed by atoms with Gasteiger partial charge in [-0.05, 0) is 11.1 Å². The zero-order valence-electron chi connectivity index (χ0n) is 10.8. The van der Waals surface area contributed by atoms with E-state index in [0.29, 0.717) is 17.8 Å². The van der Waals surface area contributed by atoms with E-state index >= 15 is 0 Å². The maximum absolute atomic E-state index is 11.7. The Bertz CT molecular complexity index is 785. The van der Waals surface area contributed by atoms with Crippen molar-refractivity contribution in [3.63, 3.8) is 0 Å². The Morgan fingerprint density at radius 1 is 0.750 bits per heavy atom. The van der Waals surface area contributed by atoms with E-state index in [1.54, 1.807) is 0 Å². The molecule has 20 heavy (non-hydrogen) atoms. The van der Waals surface area contributed by atoms with Crippen LogP contribution in [0.1, 0.15) is 5.56 Å². The van der Waals surface area contributed by atoms with Crippen molar-refractivity contribution < 1.29 is 0 Å². The lowest BCUT2D eigenvalue weighted by Gasteiger charge is -2.13. The molecule has 0 atom stereocenters. The van der Waals surface area contributed by atoms with Gasteiger partial charge in [-0.1, -0.05) is 60.7 Å². The molecular formula is C17H13NO2. The molecule has 0 spiro atoms. The molecule has 0 heterocycles. The molecule has 0 aliphatic heterocycles. The third-order valence-corrected chi connectivity index (χ3v) is 3.28. The molecular weight excluding hydrogens is 250 g/mol. The first-order chi connectivity index (χ1) is 9.77. The van der Waals surface area contributed by atoms with Crippen LogP contribution in [0.4, 0.5) is 5.69 Å².